The van der Waals surface area contributed by atoms with Crippen LogP contribution in [0.25, 0.3) is 11.2 Å². The van der Waals surface area contributed by atoms with Gasteiger partial charge in [0.2, 0.25) is 10.0 Å². The van der Waals surface area contributed by atoms with Gasteiger partial charge in [0, 0.05) is 17.8 Å². The zero-order chi connectivity index (χ0) is 28.5. The smallest absolute Gasteiger partial charge is 0.324 e. The average molecular weight is 563 g/mol. The molecule has 2 aromatic heterocycles. The van der Waals surface area contributed by atoms with Crippen LogP contribution < -0.4 is 20.7 Å². The lowest BCUT2D eigenvalue weighted by Crippen LogP contribution is -2.42. The van der Waals surface area contributed by atoms with E-state index in [0.29, 0.717) is 12.2 Å². The number of rotatable bonds is 7. The van der Waals surface area contributed by atoms with Gasteiger partial charge < -0.3 is 25.6 Å². The van der Waals surface area contributed by atoms with E-state index in [1.807, 2.05) is 0 Å². The number of nitrogens with one attached hydrogen (secondary N) is 4. The zero-order valence-electron chi connectivity index (χ0n) is 21.6. The number of ether oxygens (including phenoxy) is 1. The number of hydrogen-bond acceptors (Lipinski definition) is 10. The molecule has 0 spiro atoms. The molecular formula is C23H30N8O7S. The van der Waals surface area contributed by atoms with Crippen LogP contribution in [-0.2, 0) is 19.6 Å². The Morgan fingerprint density at radius 3 is 2.38 bits per heavy atom. The Balaban J connectivity index is 1.48. The predicted octanol–water partition coefficient (Wildman–Crippen LogP) is 0.302. The number of amides is 3. The Labute approximate surface area is 224 Å². The normalized spacial score (nSPS) is 21.6. The van der Waals surface area contributed by atoms with Crippen molar-refractivity contribution in [3.63, 3.8) is 0 Å². The first kappa shape index (κ1) is 28.3. The number of aromatic nitrogens is 4. The van der Waals surface area contributed by atoms with Crippen LogP contribution in [0.15, 0.2) is 41.8 Å². The number of fused-ring (bicyclic) bond motifs is 1. The summed E-state index contributed by atoms with van der Waals surface area (Å²) in [4.78, 5) is 37.3. The lowest BCUT2D eigenvalue weighted by Gasteiger charge is -2.20. The molecule has 1 aliphatic rings. The molecule has 3 amide bonds. The number of aliphatic hydroxyl groups is 2. The van der Waals surface area contributed by atoms with Crippen molar-refractivity contribution in [2.75, 3.05) is 17.2 Å². The number of urea groups is 1. The lowest BCUT2D eigenvalue weighted by atomic mass is 10.1. The number of imidazole rings is 1. The molecule has 4 rings (SSSR count). The van der Waals surface area contributed by atoms with Crippen molar-refractivity contribution in [1.29, 1.82) is 0 Å². The molecule has 16 heteroatoms. The van der Waals surface area contributed by atoms with Crippen molar-refractivity contribution in [3.8, 4) is 0 Å². The van der Waals surface area contributed by atoms with Gasteiger partial charge in [0.1, 0.15) is 18.5 Å². The van der Waals surface area contributed by atoms with Crippen LogP contribution in [0, 0.1) is 0 Å². The summed E-state index contributed by atoms with van der Waals surface area (Å²) in [5, 5.41) is 28.5. The van der Waals surface area contributed by atoms with Gasteiger partial charge >= 0.3 is 6.03 Å². The third-order valence-corrected chi connectivity index (χ3v) is 7.35. The molecule has 210 valence electrons. The minimum Gasteiger partial charge on any atom is -0.387 e. The largest absolute Gasteiger partial charge is 0.387 e. The summed E-state index contributed by atoms with van der Waals surface area (Å²) in [5.74, 6) is -0.529. The van der Waals surface area contributed by atoms with E-state index < -0.39 is 52.0 Å². The monoisotopic (exact) mass is 562 g/mol. The maximum Gasteiger partial charge on any atom is 0.324 e. The van der Waals surface area contributed by atoms with E-state index in [1.165, 1.54) is 35.2 Å². The van der Waals surface area contributed by atoms with Crippen LogP contribution in [0.5, 0.6) is 0 Å². The van der Waals surface area contributed by atoms with Crippen molar-refractivity contribution in [2.24, 2.45) is 0 Å². The second-order valence-corrected chi connectivity index (χ2v) is 11.5. The fourth-order valence-corrected chi connectivity index (χ4v) is 5.38. The average Bonchev–Trinajstić information content (AvgIpc) is 3.40. The number of benzene rings is 1. The fourth-order valence-electron chi connectivity index (χ4n) is 3.96. The molecular weight excluding hydrogens is 532 g/mol. The van der Waals surface area contributed by atoms with E-state index in [9.17, 15) is 28.2 Å². The Hall–Kier alpha value is -3.70. The van der Waals surface area contributed by atoms with Crippen molar-refractivity contribution < 1.29 is 33.0 Å². The SMILES string of the molecule is CCNC(=O)[C@H]1O[C@@H](n2cnc3c(NC(=O)Nc4ccc(S(=O)(=O)NC(C)(C)C)cc4)ncnc32)[C@H](O)[C@@H]1O. The molecule has 6 N–H and O–H groups in total. The standard InChI is InChI=1S/C23H30N8O7S/c1-5-24-20(34)17-15(32)16(33)21(38-17)31-11-27-14-18(25-10-26-19(14)31)29-22(35)28-12-6-8-13(9-7-12)39(36,37)30-23(2,3)4/h6-11,15-17,21,30,32-33H,5H2,1-4H3,(H,24,34)(H2,25,26,28,29,35)/t15-,16+,17-,21+/m0/s1. The predicted molar refractivity (Wildman–Crippen MR) is 139 cm³/mol. The quantitative estimate of drug-likeness (QED) is 0.232. The molecule has 1 saturated heterocycles. The van der Waals surface area contributed by atoms with Crippen LogP contribution in [-0.4, -0.2) is 80.5 Å². The first-order chi connectivity index (χ1) is 18.3. The number of sulfonamides is 1. The highest BCUT2D eigenvalue weighted by atomic mass is 32.2. The van der Waals surface area contributed by atoms with Gasteiger partial charge in [-0.2, -0.15) is 0 Å². The second kappa shape index (κ2) is 10.8. The van der Waals surface area contributed by atoms with Gasteiger partial charge in [0.25, 0.3) is 5.91 Å². The van der Waals surface area contributed by atoms with Gasteiger partial charge in [-0.1, -0.05) is 0 Å². The molecule has 1 aliphatic heterocycles. The number of carbonyl (C=O) groups excluding carboxylic acids is 2. The Bertz CT molecular complexity index is 1470. The number of aliphatic hydroxyl groups excluding tert-OH is 2. The minimum atomic E-state index is -3.73. The highest BCUT2D eigenvalue weighted by Crippen LogP contribution is 2.32. The fraction of sp³-hybridized carbons (Fsp3) is 0.435. The van der Waals surface area contributed by atoms with Crippen molar-refractivity contribution >= 4 is 44.6 Å². The molecule has 0 radical (unpaired) electrons. The molecule has 0 bridgehead atoms. The van der Waals surface area contributed by atoms with E-state index in [4.69, 9.17) is 4.74 Å². The first-order valence-corrected chi connectivity index (χ1v) is 13.5. The zero-order valence-corrected chi connectivity index (χ0v) is 22.4. The maximum atomic E-state index is 12.6. The topological polar surface area (TPSA) is 210 Å². The summed E-state index contributed by atoms with van der Waals surface area (Å²) in [5.41, 5.74) is 0.00702. The second-order valence-electron chi connectivity index (χ2n) is 9.83. The maximum absolute atomic E-state index is 12.6. The molecule has 39 heavy (non-hydrogen) atoms. The molecule has 1 fully saturated rings. The van der Waals surface area contributed by atoms with Gasteiger partial charge in [-0.25, -0.2) is 32.9 Å². The first-order valence-electron chi connectivity index (χ1n) is 12.0. The van der Waals surface area contributed by atoms with Gasteiger partial charge in [-0.3, -0.25) is 14.7 Å². The number of likely N-dealkylation sites (N-methyl/N-ethyl adjacent to an activating group) is 1. The van der Waals surface area contributed by atoms with Gasteiger partial charge in [-0.05, 0) is 52.0 Å². The summed E-state index contributed by atoms with van der Waals surface area (Å²) in [6.45, 7) is 7.22. The molecule has 1 aromatic carbocycles. The van der Waals surface area contributed by atoms with E-state index >= 15 is 0 Å². The molecule has 0 aliphatic carbocycles. The Morgan fingerprint density at radius 1 is 1.05 bits per heavy atom. The van der Waals surface area contributed by atoms with E-state index in [1.54, 1.807) is 27.7 Å². The van der Waals surface area contributed by atoms with Crippen LogP contribution in [0.4, 0.5) is 16.3 Å². The molecule has 0 saturated carbocycles. The summed E-state index contributed by atoms with van der Waals surface area (Å²) in [6.07, 6.45) is -2.94. The molecule has 3 aromatic rings. The molecule has 4 atom stereocenters. The summed E-state index contributed by atoms with van der Waals surface area (Å²) < 4.78 is 34.4. The summed E-state index contributed by atoms with van der Waals surface area (Å²) >= 11 is 0. The van der Waals surface area contributed by atoms with Crippen molar-refractivity contribution in [3.05, 3.63) is 36.9 Å². The van der Waals surface area contributed by atoms with Crippen molar-refractivity contribution in [2.45, 2.75) is 62.7 Å². The number of nitrogens with zero attached hydrogens (tertiary/aromatic N) is 4. The lowest BCUT2D eigenvalue weighted by molar-refractivity contribution is -0.137. The van der Waals surface area contributed by atoms with E-state index in [2.05, 4.69) is 35.6 Å². The van der Waals surface area contributed by atoms with Crippen LogP contribution in [0.1, 0.15) is 33.9 Å². The number of anilines is 2. The Morgan fingerprint density at radius 2 is 1.74 bits per heavy atom. The van der Waals surface area contributed by atoms with Crippen LogP contribution >= 0.6 is 0 Å². The third kappa shape index (κ3) is 6.15. The molecule has 15 nitrogen and oxygen atoms in total. The van der Waals surface area contributed by atoms with Gasteiger partial charge in [-0.15, -0.1) is 0 Å². The summed E-state index contributed by atoms with van der Waals surface area (Å²) in [6, 6.07) is 4.93. The highest BCUT2D eigenvalue weighted by molar-refractivity contribution is 7.89. The van der Waals surface area contributed by atoms with Crippen LogP contribution in [0.2, 0.25) is 0 Å². The minimum absolute atomic E-state index is 0.0399. The van der Waals surface area contributed by atoms with Gasteiger partial charge in [0.15, 0.2) is 29.3 Å². The number of hydrogen-bond donors (Lipinski definition) is 6. The van der Waals surface area contributed by atoms with Crippen LogP contribution in [0.3, 0.4) is 0 Å². The van der Waals surface area contributed by atoms with E-state index in [-0.39, 0.29) is 21.9 Å². The van der Waals surface area contributed by atoms with Crippen molar-refractivity contribution in [1.82, 2.24) is 29.6 Å². The Kier molecular flexibility index (Phi) is 7.85. The molecule has 3 heterocycles. The van der Waals surface area contributed by atoms with E-state index in [0.717, 1.165) is 6.33 Å². The number of carbonyl (C=O) groups is 2. The highest BCUT2D eigenvalue weighted by Gasteiger charge is 2.47. The molecule has 0 unspecified atom stereocenters. The summed E-state index contributed by atoms with van der Waals surface area (Å²) in [7, 11) is -3.73. The third-order valence-electron chi connectivity index (χ3n) is 5.58. The van der Waals surface area contributed by atoms with Gasteiger partial charge in [0.05, 0.1) is 11.2 Å².